The lowest BCUT2D eigenvalue weighted by Crippen LogP contribution is -1.97. The van der Waals surface area contributed by atoms with Crippen molar-refractivity contribution >= 4 is 16.8 Å². The van der Waals surface area contributed by atoms with Gasteiger partial charge in [-0.3, -0.25) is 4.40 Å². The van der Waals surface area contributed by atoms with E-state index >= 15 is 0 Å². The molecule has 0 aliphatic heterocycles. The summed E-state index contributed by atoms with van der Waals surface area (Å²) >= 11 is 0. The fraction of sp³-hybridized carbons (Fsp3) is 0.111. The minimum atomic E-state index is 0.756. The number of fused-ring (bicyclic) bond motifs is 3. The van der Waals surface area contributed by atoms with E-state index in [1.807, 2.05) is 25.1 Å². The van der Waals surface area contributed by atoms with Crippen molar-refractivity contribution < 1.29 is 0 Å². The molecule has 0 bridgehead atoms. The van der Waals surface area contributed by atoms with Gasteiger partial charge in [0, 0.05) is 5.69 Å². The zero-order chi connectivity index (χ0) is 14.4. The molecule has 21 heavy (non-hydrogen) atoms. The molecular weight excluding hydrogens is 258 g/mol. The summed E-state index contributed by atoms with van der Waals surface area (Å²) in [5.74, 6) is 0.756. The highest BCUT2D eigenvalue weighted by Gasteiger charge is 2.11. The van der Waals surface area contributed by atoms with Gasteiger partial charge in [0.05, 0.1) is 16.7 Å². The maximum Gasteiger partial charge on any atom is 0.235 e. The van der Waals surface area contributed by atoms with Gasteiger partial charge < -0.3 is 0 Å². The third kappa shape index (κ3) is 1.89. The number of para-hydroxylation sites is 2. The number of nitrogens with zero attached hydrogens (tertiary/aromatic N) is 3. The Labute approximate surface area is 122 Å². The second kappa shape index (κ2) is 4.42. The Morgan fingerprint density at radius 3 is 2.43 bits per heavy atom. The van der Waals surface area contributed by atoms with Crippen LogP contribution < -0.4 is 0 Å². The van der Waals surface area contributed by atoms with Crippen LogP contribution in [-0.2, 0) is 0 Å². The van der Waals surface area contributed by atoms with Crippen molar-refractivity contribution in [2.45, 2.75) is 13.8 Å². The number of benzene rings is 2. The van der Waals surface area contributed by atoms with Gasteiger partial charge >= 0.3 is 0 Å². The smallest absolute Gasteiger partial charge is 0.235 e. The molecule has 0 radical (unpaired) electrons. The molecule has 0 spiro atoms. The number of aryl methyl sites for hydroxylation is 2. The van der Waals surface area contributed by atoms with Gasteiger partial charge in [-0.2, -0.15) is 0 Å². The van der Waals surface area contributed by atoms with Crippen molar-refractivity contribution in [3.8, 4) is 11.3 Å². The van der Waals surface area contributed by atoms with Gasteiger partial charge in [-0.15, -0.1) is 0 Å². The summed E-state index contributed by atoms with van der Waals surface area (Å²) in [5, 5.41) is 0. The summed E-state index contributed by atoms with van der Waals surface area (Å²) in [6, 6.07) is 18.8. The zero-order valence-corrected chi connectivity index (χ0v) is 12.0. The summed E-state index contributed by atoms with van der Waals surface area (Å²) < 4.78 is 2.13. The van der Waals surface area contributed by atoms with Gasteiger partial charge in [-0.05, 0) is 37.6 Å². The van der Waals surface area contributed by atoms with Crippen molar-refractivity contribution in [1.82, 2.24) is 14.4 Å². The van der Waals surface area contributed by atoms with E-state index in [2.05, 4.69) is 57.7 Å². The molecule has 4 rings (SSSR count). The van der Waals surface area contributed by atoms with Crippen LogP contribution in [0.1, 0.15) is 11.3 Å². The molecule has 4 aromatic rings. The van der Waals surface area contributed by atoms with Crippen molar-refractivity contribution in [3.63, 3.8) is 0 Å². The molecule has 0 saturated carbocycles. The maximum absolute atomic E-state index is 4.63. The van der Waals surface area contributed by atoms with E-state index in [1.54, 1.807) is 0 Å². The number of rotatable bonds is 1. The largest absolute Gasteiger partial charge is 0.276 e. The summed E-state index contributed by atoms with van der Waals surface area (Å²) in [6.45, 7) is 4.11. The monoisotopic (exact) mass is 273 g/mol. The highest BCUT2D eigenvalue weighted by atomic mass is 15.1. The highest BCUT2D eigenvalue weighted by molar-refractivity contribution is 5.82. The Hall–Kier alpha value is -2.68. The van der Waals surface area contributed by atoms with Crippen LogP contribution in [-0.4, -0.2) is 14.4 Å². The van der Waals surface area contributed by atoms with Crippen LogP contribution in [0.15, 0.2) is 54.6 Å². The van der Waals surface area contributed by atoms with Crippen LogP contribution in [0, 0.1) is 13.8 Å². The van der Waals surface area contributed by atoms with Gasteiger partial charge in [-0.25, -0.2) is 9.97 Å². The summed E-state index contributed by atoms with van der Waals surface area (Å²) in [5.41, 5.74) is 6.62. The average molecular weight is 273 g/mol. The Morgan fingerprint density at radius 2 is 1.62 bits per heavy atom. The molecule has 3 heteroatoms. The van der Waals surface area contributed by atoms with Crippen LogP contribution in [0.4, 0.5) is 0 Å². The minimum absolute atomic E-state index is 0.756. The lowest BCUT2D eigenvalue weighted by Gasteiger charge is -2.08. The van der Waals surface area contributed by atoms with E-state index in [0.717, 1.165) is 28.2 Å². The number of imidazole rings is 1. The second-order valence-electron chi connectivity index (χ2n) is 5.38. The van der Waals surface area contributed by atoms with Crippen LogP contribution in [0.3, 0.4) is 0 Å². The third-order valence-corrected chi connectivity index (χ3v) is 3.75. The van der Waals surface area contributed by atoms with E-state index < -0.39 is 0 Å². The Balaban J connectivity index is 2.13. The number of hydrogen-bond donors (Lipinski definition) is 0. The van der Waals surface area contributed by atoms with Crippen LogP contribution in [0.25, 0.3) is 28.1 Å². The Morgan fingerprint density at radius 1 is 0.857 bits per heavy atom. The lowest BCUT2D eigenvalue weighted by atomic mass is 10.1. The standard InChI is InChI=1S/C18H15N3/c1-12-7-9-14(10-8-12)17-11-13(2)19-18-20-15-5-3-4-6-16(15)21(17)18/h3-11H,1-2H3. The van der Waals surface area contributed by atoms with Crippen molar-refractivity contribution in [3.05, 3.63) is 65.9 Å². The Bertz CT molecular complexity index is 949. The minimum Gasteiger partial charge on any atom is -0.276 e. The Kier molecular flexibility index (Phi) is 2.54. The predicted octanol–water partition coefficient (Wildman–Crippen LogP) is 4.17. The first-order valence-electron chi connectivity index (χ1n) is 7.04. The number of aromatic nitrogens is 3. The van der Waals surface area contributed by atoms with E-state index in [9.17, 15) is 0 Å². The summed E-state index contributed by atoms with van der Waals surface area (Å²) in [7, 11) is 0. The predicted molar refractivity (Wildman–Crippen MR) is 85.4 cm³/mol. The fourth-order valence-corrected chi connectivity index (χ4v) is 2.71. The quantitative estimate of drug-likeness (QED) is 0.521. The van der Waals surface area contributed by atoms with Gasteiger partial charge in [-0.1, -0.05) is 42.0 Å². The maximum atomic E-state index is 4.63. The van der Waals surface area contributed by atoms with Gasteiger partial charge in [0.15, 0.2) is 0 Å². The lowest BCUT2D eigenvalue weighted by molar-refractivity contribution is 1.09. The molecule has 0 unspecified atom stereocenters. The number of hydrogen-bond acceptors (Lipinski definition) is 2. The van der Waals surface area contributed by atoms with E-state index in [4.69, 9.17) is 0 Å². The van der Waals surface area contributed by atoms with Gasteiger partial charge in [0.2, 0.25) is 5.78 Å². The molecule has 0 aliphatic rings. The van der Waals surface area contributed by atoms with E-state index in [0.29, 0.717) is 0 Å². The first kappa shape index (κ1) is 12.1. The summed E-state index contributed by atoms with van der Waals surface area (Å²) in [4.78, 5) is 9.20. The van der Waals surface area contributed by atoms with Crippen molar-refractivity contribution in [1.29, 1.82) is 0 Å². The second-order valence-corrected chi connectivity index (χ2v) is 5.38. The molecule has 2 aromatic carbocycles. The molecule has 2 aromatic heterocycles. The SMILES string of the molecule is Cc1ccc(-c2cc(C)nc3nc4ccccc4n23)cc1. The summed E-state index contributed by atoms with van der Waals surface area (Å²) in [6.07, 6.45) is 0. The topological polar surface area (TPSA) is 30.2 Å². The molecule has 102 valence electrons. The molecule has 0 atom stereocenters. The molecule has 0 amide bonds. The van der Waals surface area contributed by atoms with Gasteiger partial charge in [0.1, 0.15) is 0 Å². The van der Waals surface area contributed by atoms with E-state index in [-0.39, 0.29) is 0 Å². The zero-order valence-electron chi connectivity index (χ0n) is 12.0. The van der Waals surface area contributed by atoms with Crippen molar-refractivity contribution in [2.24, 2.45) is 0 Å². The van der Waals surface area contributed by atoms with Crippen LogP contribution >= 0.6 is 0 Å². The molecule has 2 heterocycles. The van der Waals surface area contributed by atoms with Crippen LogP contribution in [0.2, 0.25) is 0 Å². The van der Waals surface area contributed by atoms with Crippen LogP contribution in [0.5, 0.6) is 0 Å². The third-order valence-electron chi connectivity index (χ3n) is 3.75. The molecular formula is C18H15N3. The average Bonchev–Trinajstić information content (AvgIpc) is 2.85. The van der Waals surface area contributed by atoms with Gasteiger partial charge in [0.25, 0.3) is 0 Å². The normalized spacial score (nSPS) is 11.3. The van der Waals surface area contributed by atoms with E-state index in [1.165, 1.54) is 11.1 Å². The first-order valence-corrected chi connectivity index (χ1v) is 7.04. The fourth-order valence-electron chi connectivity index (χ4n) is 2.71. The first-order chi connectivity index (χ1) is 10.2. The highest BCUT2D eigenvalue weighted by Crippen LogP contribution is 2.25. The molecule has 3 nitrogen and oxygen atoms in total. The molecule has 0 N–H and O–H groups in total. The molecule has 0 aliphatic carbocycles. The van der Waals surface area contributed by atoms with Crippen molar-refractivity contribution in [2.75, 3.05) is 0 Å². The molecule has 0 saturated heterocycles. The molecule has 0 fully saturated rings.